The Kier molecular flexibility index (Phi) is 4.94. The summed E-state index contributed by atoms with van der Waals surface area (Å²) in [5.74, 6) is 0.417. The van der Waals surface area contributed by atoms with E-state index in [1.165, 1.54) is 12.1 Å². The van der Waals surface area contributed by atoms with E-state index in [9.17, 15) is 9.50 Å². The second kappa shape index (κ2) is 6.70. The van der Waals surface area contributed by atoms with E-state index in [4.69, 9.17) is 10.5 Å². The van der Waals surface area contributed by atoms with Crippen LogP contribution in [0.15, 0.2) is 48.5 Å². The first-order valence-corrected chi connectivity index (χ1v) is 6.83. The van der Waals surface area contributed by atoms with Gasteiger partial charge in [-0.05, 0) is 41.8 Å². The van der Waals surface area contributed by atoms with Crippen molar-refractivity contribution in [1.29, 1.82) is 0 Å². The van der Waals surface area contributed by atoms with Gasteiger partial charge >= 0.3 is 0 Å². The van der Waals surface area contributed by atoms with Crippen molar-refractivity contribution in [2.24, 2.45) is 5.73 Å². The van der Waals surface area contributed by atoms with Crippen LogP contribution in [0.1, 0.15) is 11.1 Å². The molecule has 3 nitrogen and oxygen atoms in total. The number of rotatable bonds is 6. The van der Waals surface area contributed by atoms with Gasteiger partial charge in [-0.3, -0.25) is 0 Å². The Labute approximate surface area is 124 Å². The zero-order valence-electron chi connectivity index (χ0n) is 12.1. The van der Waals surface area contributed by atoms with Crippen LogP contribution in [-0.4, -0.2) is 25.4 Å². The van der Waals surface area contributed by atoms with Gasteiger partial charge in [0.05, 0.1) is 13.7 Å². The van der Waals surface area contributed by atoms with Crippen LogP contribution >= 0.6 is 0 Å². The van der Waals surface area contributed by atoms with E-state index in [1.54, 1.807) is 19.2 Å². The summed E-state index contributed by atoms with van der Waals surface area (Å²) in [5.41, 5.74) is 6.89. The van der Waals surface area contributed by atoms with Crippen LogP contribution in [0.3, 0.4) is 0 Å². The molecule has 4 heteroatoms. The van der Waals surface area contributed by atoms with Crippen molar-refractivity contribution in [3.63, 3.8) is 0 Å². The number of methoxy groups -OCH3 is 1. The molecule has 112 valence electrons. The number of nitrogens with two attached hydrogens (primary N) is 1. The fourth-order valence-corrected chi connectivity index (χ4v) is 2.50. The van der Waals surface area contributed by atoms with Crippen LogP contribution in [-0.2, 0) is 11.8 Å². The zero-order chi connectivity index (χ0) is 15.3. The fourth-order valence-electron chi connectivity index (χ4n) is 2.50. The van der Waals surface area contributed by atoms with E-state index < -0.39 is 5.41 Å². The molecule has 21 heavy (non-hydrogen) atoms. The Balaban J connectivity index is 2.38. The molecule has 0 saturated carbocycles. The zero-order valence-corrected chi connectivity index (χ0v) is 12.1. The van der Waals surface area contributed by atoms with Crippen molar-refractivity contribution in [3.8, 4) is 5.75 Å². The molecule has 0 radical (unpaired) electrons. The van der Waals surface area contributed by atoms with E-state index in [-0.39, 0.29) is 19.0 Å². The van der Waals surface area contributed by atoms with Crippen LogP contribution in [0, 0.1) is 5.82 Å². The van der Waals surface area contributed by atoms with Gasteiger partial charge in [0.25, 0.3) is 0 Å². The lowest BCUT2D eigenvalue weighted by molar-refractivity contribution is 0.195. The maximum absolute atomic E-state index is 13.5. The van der Waals surface area contributed by atoms with E-state index >= 15 is 0 Å². The maximum atomic E-state index is 13.5. The molecule has 3 N–H and O–H groups in total. The summed E-state index contributed by atoms with van der Waals surface area (Å²) in [7, 11) is 1.61. The van der Waals surface area contributed by atoms with Gasteiger partial charge in [0.1, 0.15) is 11.6 Å². The summed E-state index contributed by atoms with van der Waals surface area (Å²) in [5, 5.41) is 9.87. The summed E-state index contributed by atoms with van der Waals surface area (Å²) in [6, 6.07) is 13.8. The minimum Gasteiger partial charge on any atom is -0.497 e. The molecule has 0 amide bonds. The van der Waals surface area contributed by atoms with Crippen molar-refractivity contribution >= 4 is 0 Å². The van der Waals surface area contributed by atoms with Crippen molar-refractivity contribution in [3.05, 3.63) is 65.5 Å². The smallest absolute Gasteiger partial charge is 0.123 e. The number of benzene rings is 2. The van der Waals surface area contributed by atoms with E-state index in [2.05, 4.69) is 0 Å². The number of hydrogen-bond donors (Lipinski definition) is 2. The van der Waals surface area contributed by atoms with E-state index in [0.717, 1.165) is 11.3 Å². The monoisotopic (exact) mass is 289 g/mol. The lowest BCUT2D eigenvalue weighted by Gasteiger charge is -2.31. The van der Waals surface area contributed by atoms with Gasteiger partial charge in [-0.15, -0.1) is 0 Å². The number of ether oxygens (including phenoxy) is 1. The minimum absolute atomic E-state index is 0.149. The van der Waals surface area contributed by atoms with E-state index in [0.29, 0.717) is 12.0 Å². The summed E-state index contributed by atoms with van der Waals surface area (Å²) < 4.78 is 18.7. The Morgan fingerprint density at radius 1 is 1.19 bits per heavy atom. The molecule has 0 aliphatic rings. The minimum atomic E-state index is -0.700. The van der Waals surface area contributed by atoms with Crippen molar-refractivity contribution in [2.45, 2.75) is 11.8 Å². The van der Waals surface area contributed by atoms with Crippen LogP contribution in [0.5, 0.6) is 5.75 Å². The quantitative estimate of drug-likeness (QED) is 0.857. The Morgan fingerprint density at radius 3 is 2.57 bits per heavy atom. The van der Waals surface area contributed by atoms with Gasteiger partial charge in [-0.1, -0.05) is 24.3 Å². The topological polar surface area (TPSA) is 55.5 Å². The molecule has 0 spiro atoms. The number of hydrogen-bond acceptors (Lipinski definition) is 3. The van der Waals surface area contributed by atoms with Gasteiger partial charge in [-0.2, -0.15) is 0 Å². The Bertz CT molecular complexity index is 597. The molecule has 0 aliphatic carbocycles. The Morgan fingerprint density at radius 2 is 1.95 bits per heavy atom. The molecule has 1 atom stereocenters. The van der Waals surface area contributed by atoms with Gasteiger partial charge in [0, 0.05) is 12.0 Å². The van der Waals surface area contributed by atoms with Crippen molar-refractivity contribution in [2.75, 3.05) is 20.3 Å². The molecule has 0 aliphatic heterocycles. The SMILES string of the molecule is COc1cccc(CC(CN)(CO)c2cccc(F)c2)c1. The standard InChI is InChI=1S/C17H20FNO2/c1-21-16-7-2-4-13(8-16)10-17(11-19,12-20)14-5-3-6-15(18)9-14/h2-9,20H,10-12,19H2,1H3. The van der Waals surface area contributed by atoms with E-state index in [1.807, 2.05) is 24.3 Å². The maximum Gasteiger partial charge on any atom is 0.123 e. The third-order valence-corrected chi connectivity index (χ3v) is 3.81. The average molecular weight is 289 g/mol. The highest BCUT2D eigenvalue weighted by Gasteiger charge is 2.31. The molecular weight excluding hydrogens is 269 g/mol. The first-order valence-electron chi connectivity index (χ1n) is 6.83. The first-order chi connectivity index (χ1) is 10.1. The summed E-state index contributed by atoms with van der Waals surface area (Å²) in [6.07, 6.45) is 0.515. The van der Waals surface area contributed by atoms with Gasteiger partial charge in [0.2, 0.25) is 0 Å². The van der Waals surface area contributed by atoms with Crippen LogP contribution in [0.2, 0.25) is 0 Å². The second-order valence-corrected chi connectivity index (χ2v) is 5.18. The van der Waals surface area contributed by atoms with Crippen LogP contribution in [0.25, 0.3) is 0 Å². The Hall–Kier alpha value is -1.91. The fraction of sp³-hybridized carbons (Fsp3) is 0.294. The molecule has 0 saturated heterocycles. The highest BCUT2D eigenvalue weighted by molar-refractivity contribution is 5.34. The van der Waals surface area contributed by atoms with Crippen LogP contribution in [0.4, 0.5) is 4.39 Å². The lowest BCUT2D eigenvalue weighted by Crippen LogP contribution is -2.41. The average Bonchev–Trinajstić information content (AvgIpc) is 2.53. The third-order valence-electron chi connectivity index (χ3n) is 3.81. The highest BCUT2D eigenvalue weighted by atomic mass is 19.1. The summed E-state index contributed by atoms with van der Waals surface area (Å²) in [6.45, 7) is 0.0777. The predicted molar refractivity (Wildman–Crippen MR) is 80.9 cm³/mol. The van der Waals surface area contributed by atoms with Gasteiger partial charge < -0.3 is 15.6 Å². The highest BCUT2D eigenvalue weighted by Crippen LogP contribution is 2.29. The summed E-state index contributed by atoms with van der Waals surface area (Å²) in [4.78, 5) is 0. The number of aliphatic hydroxyl groups is 1. The van der Waals surface area contributed by atoms with Crippen LogP contribution < -0.4 is 10.5 Å². The largest absolute Gasteiger partial charge is 0.497 e. The molecule has 2 aromatic rings. The van der Waals surface area contributed by atoms with Crippen molar-refractivity contribution in [1.82, 2.24) is 0 Å². The third kappa shape index (κ3) is 3.40. The molecular formula is C17H20FNO2. The molecule has 0 aromatic heterocycles. The molecule has 1 unspecified atom stereocenters. The van der Waals surface area contributed by atoms with Gasteiger partial charge in [-0.25, -0.2) is 4.39 Å². The predicted octanol–water partition coefficient (Wildman–Crippen LogP) is 2.27. The molecule has 0 fully saturated rings. The first kappa shape index (κ1) is 15.5. The molecule has 0 heterocycles. The lowest BCUT2D eigenvalue weighted by atomic mass is 9.76. The van der Waals surface area contributed by atoms with Gasteiger partial charge in [0.15, 0.2) is 0 Å². The number of halogens is 1. The molecule has 2 aromatic carbocycles. The van der Waals surface area contributed by atoms with Crippen molar-refractivity contribution < 1.29 is 14.2 Å². The molecule has 0 bridgehead atoms. The number of aliphatic hydroxyl groups excluding tert-OH is 1. The summed E-state index contributed by atoms with van der Waals surface area (Å²) >= 11 is 0. The molecule has 2 rings (SSSR count). The normalized spacial score (nSPS) is 13.7. The second-order valence-electron chi connectivity index (χ2n) is 5.18.